The number of phenolic OH excluding ortho intramolecular Hbond substituents is 3. The molecule has 13 heteroatoms. The Labute approximate surface area is 195 Å². The number of carboxylic acid groups (broad SMARTS) is 1. The number of aliphatic hydroxyl groups excluding tert-OH is 4. The summed E-state index contributed by atoms with van der Waals surface area (Å²) in [4.78, 5) is 38.1. The van der Waals surface area contributed by atoms with E-state index >= 15 is 0 Å². The molecular formula is C22H20O13. The number of rotatable bonds is 3. The Morgan fingerprint density at radius 1 is 0.886 bits per heavy atom. The summed E-state index contributed by atoms with van der Waals surface area (Å²) in [7, 11) is 0. The number of aliphatic hydroxyl groups is 4. The van der Waals surface area contributed by atoms with Crippen LogP contribution in [0.1, 0.15) is 59.4 Å². The van der Waals surface area contributed by atoms with Crippen molar-refractivity contribution in [3.63, 3.8) is 0 Å². The molecule has 1 aliphatic carbocycles. The van der Waals surface area contributed by atoms with Crippen molar-refractivity contribution in [2.45, 2.75) is 37.4 Å². The lowest BCUT2D eigenvalue weighted by molar-refractivity contribution is -0.232. The van der Waals surface area contributed by atoms with Crippen LogP contribution >= 0.6 is 0 Å². The number of benzene rings is 2. The number of aromatic carboxylic acids is 1. The first kappa shape index (κ1) is 24.4. The molecule has 0 amide bonds. The van der Waals surface area contributed by atoms with Crippen LogP contribution in [0.3, 0.4) is 0 Å². The van der Waals surface area contributed by atoms with Gasteiger partial charge >= 0.3 is 5.97 Å². The number of carboxylic acids is 1. The Morgan fingerprint density at radius 2 is 1.51 bits per heavy atom. The molecule has 186 valence electrons. The normalized spacial score (nSPS) is 25.8. The first-order chi connectivity index (χ1) is 16.3. The number of hydrogen-bond donors (Lipinski definition) is 9. The van der Waals surface area contributed by atoms with Crippen molar-refractivity contribution < 1.29 is 65.1 Å². The highest BCUT2D eigenvalue weighted by Gasteiger charge is 2.48. The summed E-state index contributed by atoms with van der Waals surface area (Å²) in [5.41, 5.74) is -4.56. The average molecular weight is 492 g/mol. The predicted molar refractivity (Wildman–Crippen MR) is 111 cm³/mol. The molecule has 0 aromatic heterocycles. The van der Waals surface area contributed by atoms with E-state index in [0.29, 0.717) is 0 Å². The van der Waals surface area contributed by atoms with Gasteiger partial charge in [-0.2, -0.15) is 0 Å². The maximum absolute atomic E-state index is 13.4. The van der Waals surface area contributed by atoms with Crippen LogP contribution < -0.4 is 0 Å². The SMILES string of the molecule is Cc1c(C(=O)O)c(O)c(O)c2c1C(=O)c1c(cc(O)c([C@@H]3O[C@H](CO)[C@@H](O)[C@H](O)[C@H]3O)c1O)C2=O. The third-order valence-corrected chi connectivity index (χ3v) is 6.33. The van der Waals surface area contributed by atoms with Gasteiger partial charge in [0.05, 0.1) is 23.3 Å². The first-order valence-electron chi connectivity index (χ1n) is 10.2. The third-order valence-electron chi connectivity index (χ3n) is 6.33. The maximum Gasteiger partial charge on any atom is 0.339 e. The van der Waals surface area contributed by atoms with E-state index in [1.807, 2.05) is 0 Å². The van der Waals surface area contributed by atoms with E-state index in [9.17, 15) is 60.3 Å². The summed E-state index contributed by atoms with van der Waals surface area (Å²) < 4.78 is 5.33. The highest BCUT2D eigenvalue weighted by molar-refractivity contribution is 6.31. The number of fused-ring (bicyclic) bond motifs is 2. The molecular weight excluding hydrogens is 472 g/mol. The van der Waals surface area contributed by atoms with Crippen LogP contribution in [0, 0.1) is 6.92 Å². The van der Waals surface area contributed by atoms with Crippen LogP contribution in [0.2, 0.25) is 0 Å². The fourth-order valence-electron chi connectivity index (χ4n) is 4.57. The van der Waals surface area contributed by atoms with E-state index in [-0.39, 0.29) is 5.56 Å². The summed E-state index contributed by atoms with van der Waals surface area (Å²) in [6, 6.07) is 0.728. The second-order valence-corrected chi connectivity index (χ2v) is 8.24. The molecule has 9 N–H and O–H groups in total. The molecule has 2 aliphatic rings. The standard InChI is InChI=1S/C22H20O13/c1-4-8-12(18(30)17(29)9(4)22(33)34)13(25)5-2-6(24)11(16(28)10(5)15(8)27)21-20(32)19(31)14(26)7(3-23)35-21/h2,7,14,19-21,23-24,26,28-32H,3H2,1H3,(H,33,34)/t7-,14-,19+,20-,21+/m1/s1. The molecule has 35 heavy (non-hydrogen) atoms. The monoisotopic (exact) mass is 492 g/mol. The quantitative estimate of drug-likeness (QED) is 0.195. The molecule has 4 rings (SSSR count). The molecule has 0 spiro atoms. The summed E-state index contributed by atoms with van der Waals surface area (Å²) in [5.74, 6) is -8.24. The number of phenols is 4. The molecule has 0 bridgehead atoms. The minimum Gasteiger partial charge on any atom is -0.507 e. The van der Waals surface area contributed by atoms with E-state index in [0.717, 1.165) is 13.0 Å². The summed E-state index contributed by atoms with van der Waals surface area (Å²) >= 11 is 0. The van der Waals surface area contributed by atoms with E-state index in [4.69, 9.17) is 4.74 Å². The average Bonchev–Trinajstić information content (AvgIpc) is 2.79. The van der Waals surface area contributed by atoms with Gasteiger partial charge in [-0.1, -0.05) is 0 Å². The van der Waals surface area contributed by atoms with Crippen molar-refractivity contribution in [2.24, 2.45) is 0 Å². The van der Waals surface area contributed by atoms with Crippen molar-refractivity contribution in [2.75, 3.05) is 6.61 Å². The molecule has 2 aromatic carbocycles. The number of aromatic hydroxyl groups is 4. The van der Waals surface area contributed by atoms with Gasteiger partial charge in [-0.25, -0.2) is 4.79 Å². The van der Waals surface area contributed by atoms with Gasteiger partial charge in [0, 0.05) is 11.1 Å². The van der Waals surface area contributed by atoms with Crippen molar-refractivity contribution in [1.82, 2.24) is 0 Å². The smallest absolute Gasteiger partial charge is 0.339 e. The molecule has 1 saturated heterocycles. The van der Waals surface area contributed by atoms with Gasteiger partial charge in [0.1, 0.15) is 47.6 Å². The maximum atomic E-state index is 13.4. The van der Waals surface area contributed by atoms with Crippen LogP contribution in [0.5, 0.6) is 23.0 Å². The largest absolute Gasteiger partial charge is 0.507 e. The topological polar surface area (TPSA) is 243 Å². The van der Waals surface area contributed by atoms with Crippen molar-refractivity contribution >= 4 is 17.5 Å². The van der Waals surface area contributed by atoms with Crippen LogP contribution in [-0.2, 0) is 4.74 Å². The highest BCUT2D eigenvalue weighted by Crippen LogP contribution is 2.49. The van der Waals surface area contributed by atoms with Gasteiger partial charge in [0.15, 0.2) is 23.1 Å². The van der Waals surface area contributed by atoms with E-state index in [1.54, 1.807) is 0 Å². The minimum absolute atomic E-state index is 0.381. The van der Waals surface area contributed by atoms with E-state index in [2.05, 4.69) is 0 Å². The van der Waals surface area contributed by atoms with Crippen LogP contribution in [0.4, 0.5) is 0 Å². The molecule has 1 aliphatic heterocycles. The van der Waals surface area contributed by atoms with Crippen LogP contribution in [0.25, 0.3) is 0 Å². The van der Waals surface area contributed by atoms with Gasteiger partial charge in [0.2, 0.25) is 0 Å². The Bertz CT molecular complexity index is 1300. The van der Waals surface area contributed by atoms with Crippen molar-refractivity contribution in [3.8, 4) is 23.0 Å². The van der Waals surface area contributed by atoms with Gasteiger partial charge in [-0.3, -0.25) is 9.59 Å². The number of carbonyl (C=O) groups excluding carboxylic acids is 2. The number of hydrogen-bond acceptors (Lipinski definition) is 12. The fourth-order valence-corrected chi connectivity index (χ4v) is 4.57. The lowest BCUT2D eigenvalue weighted by Gasteiger charge is -2.40. The van der Waals surface area contributed by atoms with E-state index < -0.39 is 111 Å². The molecule has 2 aromatic rings. The fraction of sp³-hybridized carbons (Fsp3) is 0.318. The van der Waals surface area contributed by atoms with Crippen molar-refractivity contribution in [3.05, 3.63) is 45.0 Å². The number of carbonyl (C=O) groups is 3. The molecule has 0 radical (unpaired) electrons. The number of ketones is 2. The van der Waals surface area contributed by atoms with E-state index in [1.165, 1.54) is 0 Å². The zero-order valence-corrected chi connectivity index (χ0v) is 17.8. The summed E-state index contributed by atoms with van der Waals surface area (Å²) in [6.45, 7) is 0.284. The lowest BCUT2D eigenvalue weighted by atomic mass is 9.77. The third kappa shape index (κ3) is 3.25. The van der Waals surface area contributed by atoms with Gasteiger partial charge < -0.3 is 50.7 Å². The molecule has 5 atom stereocenters. The molecule has 1 heterocycles. The minimum atomic E-state index is -1.95. The van der Waals surface area contributed by atoms with Crippen LogP contribution in [-0.4, -0.2) is 94.5 Å². The molecule has 0 unspecified atom stereocenters. The molecule has 0 saturated carbocycles. The summed E-state index contributed by atoms with van der Waals surface area (Å²) in [6.07, 6.45) is -8.80. The Morgan fingerprint density at radius 3 is 2.09 bits per heavy atom. The predicted octanol–water partition coefficient (Wildman–Crippen LogP) is -1.19. The second-order valence-electron chi connectivity index (χ2n) is 8.24. The zero-order valence-electron chi connectivity index (χ0n) is 17.8. The van der Waals surface area contributed by atoms with Gasteiger partial charge in [-0.15, -0.1) is 0 Å². The molecule has 13 nitrogen and oxygen atoms in total. The number of ether oxygens (including phenoxy) is 1. The highest BCUT2D eigenvalue weighted by atomic mass is 16.5. The van der Waals surface area contributed by atoms with Gasteiger partial charge in [0.25, 0.3) is 0 Å². The Kier molecular flexibility index (Phi) is 5.70. The van der Waals surface area contributed by atoms with Crippen molar-refractivity contribution in [1.29, 1.82) is 0 Å². The molecule has 1 fully saturated rings. The summed E-state index contributed by atoms with van der Waals surface area (Å²) in [5, 5.41) is 91.2. The zero-order chi connectivity index (χ0) is 26.1. The van der Waals surface area contributed by atoms with Gasteiger partial charge in [-0.05, 0) is 18.6 Å². The second kappa shape index (κ2) is 8.18. The Hall–Kier alpha value is -3.75. The Balaban J connectivity index is 1.97. The first-order valence-corrected chi connectivity index (χ1v) is 10.2. The lowest BCUT2D eigenvalue weighted by Crippen LogP contribution is -2.55. The van der Waals surface area contributed by atoms with Crippen LogP contribution in [0.15, 0.2) is 6.07 Å².